The molecule has 6 nitrogen and oxygen atoms in total. The zero-order chi connectivity index (χ0) is 20.3. The smallest absolute Gasteiger partial charge is 0.329 e. The number of hydrogen-bond donors (Lipinski definition) is 0. The molecule has 2 amide bonds. The van der Waals surface area contributed by atoms with Gasteiger partial charge in [-0.2, -0.15) is 5.26 Å². The Morgan fingerprint density at radius 2 is 1.71 bits per heavy atom. The van der Waals surface area contributed by atoms with Crippen LogP contribution in [0.15, 0.2) is 36.4 Å². The highest BCUT2D eigenvalue weighted by atomic mass is 16.5. The zero-order valence-electron chi connectivity index (χ0n) is 16.1. The topological polar surface area (TPSA) is 87.5 Å². The Kier molecular flexibility index (Phi) is 5.93. The Bertz CT molecular complexity index is 809. The van der Waals surface area contributed by atoms with Crippen molar-refractivity contribution in [3.63, 3.8) is 0 Å². The molecule has 2 aliphatic rings. The summed E-state index contributed by atoms with van der Waals surface area (Å²) < 4.78 is 5.44. The predicted molar refractivity (Wildman–Crippen MR) is 101 cm³/mol. The molecule has 0 bridgehead atoms. The standard InChI is InChI=1S/C22H24N2O4/c1-14(2)11-19(22(27)28-13-16-9-7-15(12-23)8-10-16)24-20(25)17-5-3-4-6-18(17)21(24)26/h3-4,7-10,14,17-19H,5-6,11,13H2,1-2H3/t17-,18+,19-/m0/s1. The third kappa shape index (κ3) is 3.99. The fourth-order valence-corrected chi connectivity index (χ4v) is 3.81. The first-order chi connectivity index (χ1) is 13.4. The summed E-state index contributed by atoms with van der Waals surface area (Å²) in [7, 11) is 0. The third-order valence-electron chi connectivity index (χ3n) is 5.28. The Morgan fingerprint density at radius 1 is 1.14 bits per heavy atom. The molecular formula is C22H24N2O4. The largest absolute Gasteiger partial charge is 0.459 e. The highest BCUT2D eigenvalue weighted by Gasteiger charge is 2.51. The zero-order valence-corrected chi connectivity index (χ0v) is 16.1. The maximum atomic E-state index is 12.9. The van der Waals surface area contributed by atoms with Crippen LogP contribution in [0.4, 0.5) is 0 Å². The van der Waals surface area contributed by atoms with Crippen molar-refractivity contribution in [2.45, 2.75) is 45.8 Å². The molecule has 0 N–H and O–H groups in total. The lowest BCUT2D eigenvalue weighted by Crippen LogP contribution is -2.47. The van der Waals surface area contributed by atoms with Gasteiger partial charge in [0.05, 0.1) is 23.5 Å². The van der Waals surface area contributed by atoms with Crippen LogP contribution in [0.2, 0.25) is 0 Å². The fourth-order valence-electron chi connectivity index (χ4n) is 3.81. The number of nitriles is 1. The van der Waals surface area contributed by atoms with Crippen molar-refractivity contribution in [1.29, 1.82) is 5.26 Å². The third-order valence-corrected chi connectivity index (χ3v) is 5.28. The maximum Gasteiger partial charge on any atom is 0.329 e. The van der Waals surface area contributed by atoms with Gasteiger partial charge in [0.1, 0.15) is 12.6 Å². The van der Waals surface area contributed by atoms with Gasteiger partial charge in [-0.1, -0.05) is 38.1 Å². The van der Waals surface area contributed by atoms with Crippen LogP contribution in [-0.4, -0.2) is 28.7 Å². The van der Waals surface area contributed by atoms with Crippen LogP contribution < -0.4 is 0 Å². The first-order valence-corrected chi connectivity index (χ1v) is 9.60. The van der Waals surface area contributed by atoms with E-state index < -0.39 is 12.0 Å². The molecule has 0 unspecified atom stereocenters. The Labute approximate surface area is 164 Å². The molecule has 6 heteroatoms. The molecule has 3 rings (SSSR count). The number of imide groups is 1. The number of amides is 2. The minimum absolute atomic E-state index is 0.0315. The van der Waals surface area contributed by atoms with Crippen molar-refractivity contribution >= 4 is 17.8 Å². The summed E-state index contributed by atoms with van der Waals surface area (Å²) in [6.07, 6.45) is 5.31. The number of carbonyl (C=O) groups excluding carboxylic acids is 3. The van der Waals surface area contributed by atoms with Crippen LogP contribution in [0, 0.1) is 29.1 Å². The molecule has 1 aliphatic carbocycles. The van der Waals surface area contributed by atoms with Gasteiger partial charge in [-0.3, -0.25) is 14.5 Å². The molecule has 1 aliphatic heterocycles. The van der Waals surface area contributed by atoms with Gasteiger partial charge in [0, 0.05) is 0 Å². The van der Waals surface area contributed by atoms with Crippen molar-refractivity contribution < 1.29 is 19.1 Å². The molecule has 1 aromatic rings. The first kappa shape index (κ1) is 19.8. The van der Waals surface area contributed by atoms with Crippen molar-refractivity contribution in [2.75, 3.05) is 0 Å². The number of esters is 1. The van der Waals surface area contributed by atoms with E-state index >= 15 is 0 Å². The SMILES string of the molecule is CC(C)C[C@@H](C(=O)OCc1ccc(C#N)cc1)N1C(=O)[C@H]2CC=CC[C@H]2C1=O. The van der Waals surface area contributed by atoms with E-state index in [1.165, 1.54) is 0 Å². The maximum absolute atomic E-state index is 12.9. The normalized spacial score (nSPS) is 22.1. The lowest BCUT2D eigenvalue weighted by Gasteiger charge is -2.26. The number of likely N-dealkylation sites (tertiary alicyclic amines) is 1. The van der Waals surface area contributed by atoms with E-state index in [1.54, 1.807) is 24.3 Å². The fraction of sp³-hybridized carbons (Fsp3) is 0.455. The lowest BCUT2D eigenvalue weighted by atomic mass is 9.85. The van der Waals surface area contributed by atoms with Crippen molar-refractivity contribution in [2.24, 2.45) is 17.8 Å². The summed E-state index contributed by atoms with van der Waals surface area (Å²) in [6.45, 7) is 3.92. The van der Waals surface area contributed by atoms with E-state index in [4.69, 9.17) is 10.00 Å². The molecule has 1 heterocycles. The lowest BCUT2D eigenvalue weighted by molar-refractivity contribution is -0.160. The quantitative estimate of drug-likeness (QED) is 0.430. The van der Waals surface area contributed by atoms with E-state index in [0.717, 1.165) is 10.5 Å². The second-order valence-electron chi connectivity index (χ2n) is 7.76. The molecule has 3 atom stereocenters. The average Bonchev–Trinajstić information content (AvgIpc) is 2.95. The highest BCUT2D eigenvalue weighted by Crippen LogP contribution is 2.37. The van der Waals surface area contributed by atoms with Gasteiger partial charge in [0.15, 0.2) is 0 Å². The van der Waals surface area contributed by atoms with Gasteiger partial charge in [-0.15, -0.1) is 0 Å². The van der Waals surface area contributed by atoms with Crippen LogP contribution >= 0.6 is 0 Å². The van der Waals surface area contributed by atoms with E-state index in [0.29, 0.717) is 24.8 Å². The van der Waals surface area contributed by atoms with Gasteiger partial charge in [-0.05, 0) is 42.9 Å². The number of rotatable bonds is 6. The van der Waals surface area contributed by atoms with Gasteiger partial charge in [0.2, 0.25) is 11.8 Å². The second-order valence-corrected chi connectivity index (χ2v) is 7.76. The highest BCUT2D eigenvalue weighted by molar-refractivity contribution is 6.08. The predicted octanol–water partition coefficient (Wildman–Crippen LogP) is 2.97. The number of ether oxygens (including phenoxy) is 1. The summed E-state index contributed by atoms with van der Waals surface area (Å²) in [5, 5.41) is 8.85. The number of fused-ring (bicyclic) bond motifs is 1. The summed E-state index contributed by atoms with van der Waals surface area (Å²) in [5.74, 6) is -1.70. The molecule has 1 fully saturated rings. The van der Waals surface area contributed by atoms with Gasteiger partial charge < -0.3 is 4.74 Å². The van der Waals surface area contributed by atoms with Crippen LogP contribution in [0.3, 0.4) is 0 Å². The number of allylic oxidation sites excluding steroid dienone is 2. The van der Waals surface area contributed by atoms with Crippen molar-refractivity contribution in [1.82, 2.24) is 4.90 Å². The number of hydrogen-bond acceptors (Lipinski definition) is 5. The minimum atomic E-state index is -0.899. The molecule has 0 radical (unpaired) electrons. The molecule has 0 saturated carbocycles. The average molecular weight is 380 g/mol. The van der Waals surface area contributed by atoms with Crippen LogP contribution in [0.1, 0.15) is 44.2 Å². The van der Waals surface area contributed by atoms with Crippen molar-refractivity contribution in [3.8, 4) is 6.07 Å². The van der Waals surface area contributed by atoms with Gasteiger partial charge >= 0.3 is 5.97 Å². The minimum Gasteiger partial charge on any atom is -0.459 e. The Balaban J connectivity index is 1.74. The monoisotopic (exact) mass is 380 g/mol. The van der Waals surface area contributed by atoms with Gasteiger partial charge in [-0.25, -0.2) is 4.79 Å². The van der Waals surface area contributed by atoms with Crippen LogP contribution in [-0.2, 0) is 25.7 Å². The molecule has 0 aromatic heterocycles. The number of nitrogens with zero attached hydrogens (tertiary/aromatic N) is 2. The van der Waals surface area contributed by atoms with Crippen LogP contribution in [0.5, 0.6) is 0 Å². The summed E-state index contributed by atoms with van der Waals surface area (Å²) in [5.41, 5.74) is 1.27. The van der Waals surface area contributed by atoms with E-state index in [9.17, 15) is 14.4 Å². The molecular weight excluding hydrogens is 356 g/mol. The number of carbonyl (C=O) groups is 3. The molecule has 0 spiro atoms. The van der Waals surface area contributed by atoms with E-state index in [2.05, 4.69) is 0 Å². The summed E-state index contributed by atoms with van der Waals surface area (Å²) in [4.78, 5) is 39.7. The molecule has 1 aromatic carbocycles. The van der Waals surface area contributed by atoms with Gasteiger partial charge in [0.25, 0.3) is 0 Å². The summed E-state index contributed by atoms with van der Waals surface area (Å²) >= 11 is 0. The van der Waals surface area contributed by atoms with Crippen LogP contribution in [0.25, 0.3) is 0 Å². The second kappa shape index (κ2) is 8.39. The van der Waals surface area contributed by atoms with E-state index in [-0.39, 0.29) is 36.2 Å². The Hall–Kier alpha value is -2.94. The van der Waals surface area contributed by atoms with E-state index in [1.807, 2.05) is 32.1 Å². The molecule has 1 saturated heterocycles. The first-order valence-electron chi connectivity index (χ1n) is 9.60. The Morgan fingerprint density at radius 3 is 2.21 bits per heavy atom. The summed E-state index contributed by atoms with van der Waals surface area (Å²) in [6, 6.07) is 7.88. The molecule has 28 heavy (non-hydrogen) atoms. The molecule has 146 valence electrons. The number of benzene rings is 1. The van der Waals surface area contributed by atoms with Crippen molar-refractivity contribution in [3.05, 3.63) is 47.5 Å².